The predicted molar refractivity (Wildman–Crippen MR) is 125 cm³/mol. The smallest absolute Gasteiger partial charge is 0.258 e. The number of fused-ring (bicyclic) bond motifs is 1. The summed E-state index contributed by atoms with van der Waals surface area (Å²) < 4.78 is 0. The Morgan fingerprint density at radius 2 is 1.66 bits per heavy atom. The monoisotopic (exact) mass is 443 g/mol. The molecule has 2 aliphatic rings. The van der Waals surface area contributed by atoms with Gasteiger partial charge in [0, 0.05) is 12.1 Å². The van der Waals surface area contributed by atoms with Gasteiger partial charge in [-0.3, -0.25) is 19.3 Å². The second kappa shape index (κ2) is 8.51. The van der Waals surface area contributed by atoms with Crippen LogP contribution in [0.1, 0.15) is 26.9 Å². The van der Waals surface area contributed by atoms with Crippen LogP contribution in [-0.2, 0) is 16.1 Å². The van der Waals surface area contributed by atoms with E-state index < -0.39 is 0 Å². The van der Waals surface area contributed by atoms with Crippen molar-refractivity contribution in [2.75, 3.05) is 22.5 Å². The fraction of sp³-hybridized carbons (Fsp3) is 0.160. The molecular formula is C25H21N3O3S. The molecule has 3 amide bonds. The van der Waals surface area contributed by atoms with Gasteiger partial charge in [-0.2, -0.15) is 0 Å². The minimum Gasteiger partial charge on any atom is -0.323 e. The molecule has 2 aliphatic heterocycles. The molecule has 0 spiro atoms. The molecule has 0 saturated carbocycles. The molecule has 0 aliphatic carbocycles. The molecule has 32 heavy (non-hydrogen) atoms. The van der Waals surface area contributed by atoms with Crippen molar-refractivity contribution in [2.24, 2.45) is 0 Å². The van der Waals surface area contributed by atoms with E-state index in [0.29, 0.717) is 29.2 Å². The predicted octanol–water partition coefficient (Wildman–Crippen LogP) is 4.06. The van der Waals surface area contributed by atoms with Crippen LogP contribution in [0.25, 0.3) is 0 Å². The first-order valence-electron chi connectivity index (χ1n) is 10.4. The minimum atomic E-state index is -0.227. The third kappa shape index (κ3) is 3.87. The summed E-state index contributed by atoms with van der Waals surface area (Å²) in [5.74, 6) is 0.110. The number of anilines is 2. The van der Waals surface area contributed by atoms with E-state index in [2.05, 4.69) is 5.32 Å². The van der Waals surface area contributed by atoms with Crippen molar-refractivity contribution in [1.82, 2.24) is 4.90 Å². The third-order valence-corrected chi connectivity index (χ3v) is 6.88. The Morgan fingerprint density at radius 3 is 2.44 bits per heavy atom. The highest BCUT2D eigenvalue weighted by Gasteiger charge is 2.33. The minimum absolute atomic E-state index is 0.0184. The summed E-state index contributed by atoms with van der Waals surface area (Å²) in [7, 11) is 0. The topological polar surface area (TPSA) is 69.7 Å². The van der Waals surface area contributed by atoms with Crippen molar-refractivity contribution < 1.29 is 14.4 Å². The Morgan fingerprint density at radius 1 is 0.938 bits per heavy atom. The first kappa shape index (κ1) is 20.3. The standard InChI is InChI=1S/C25H21N3O3S/c29-22-15-27(21-9-5-4-8-20(21)26-22)24(31)18-10-12-19(13-11-18)25-28(23(30)16-32-25)14-17-6-2-1-3-7-17/h1-13,25H,14-16H2,(H,26,29)/t25-/m1/s1. The molecule has 7 heteroatoms. The molecule has 1 N–H and O–H groups in total. The molecule has 1 saturated heterocycles. The Labute approximate surface area is 190 Å². The van der Waals surface area contributed by atoms with Crippen molar-refractivity contribution in [3.63, 3.8) is 0 Å². The lowest BCUT2D eigenvalue weighted by Crippen LogP contribution is -2.42. The Kier molecular flexibility index (Phi) is 5.41. The van der Waals surface area contributed by atoms with E-state index in [1.54, 1.807) is 30.0 Å². The highest BCUT2D eigenvalue weighted by atomic mass is 32.2. The fourth-order valence-electron chi connectivity index (χ4n) is 4.04. The van der Waals surface area contributed by atoms with Crippen molar-refractivity contribution >= 4 is 40.9 Å². The first-order chi connectivity index (χ1) is 15.6. The largest absolute Gasteiger partial charge is 0.323 e. The summed E-state index contributed by atoms with van der Waals surface area (Å²) in [6.45, 7) is 0.535. The number of nitrogens with zero attached hydrogens (tertiary/aromatic N) is 2. The maximum absolute atomic E-state index is 13.2. The van der Waals surface area contributed by atoms with E-state index in [1.807, 2.05) is 65.6 Å². The number of rotatable bonds is 4. The van der Waals surface area contributed by atoms with Crippen molar-refractivity contribution in [3.05, 3.63) is 95.6 Å². The second-order valence-corrected chi connectivity index (χ2v) is 8.82. The molecule has 5 rings (SSSR count). The molecule has 0 aromatic heterocycles. The summed E-state index contributed by atoms with van der Waals surface area (Å²) in [6.07, 6.45) is 0. The molecule has 2 heterocycles. The number of hydrogen-bond donors (Lipinski definition) is 1. The molecule has 160 valence electrons. The highest BCUT2D eigenvalue weighted by Crippen LogP contribution is 2.39. The van der Waals surface area contributed by atoms with Crippen LogP contribution in [0, 0.1) is 0 Å². The number of nitrogens with one attached hydrogen (secondary N) is 1. The van der Waals surface area contributed by atoms with Crippen LogP contribution in [-0.4, -0.2) is 34.9 Å². The van der Waals surface area contributed by atoms with Gasteiger partial charge in [0.1, 0.15) is 11.9 Å². The summed E-state index contributed by atoms with van der Waals surface area (Å²) in [5.41, 5.74) is 3.88. The van der Waals surface area contributed by atoms with Crippen LogP contribution >= 0.6 is 11.8 Å². The van der Waals surface area contributed by atoms with Gasteiger partial charge in [0.2, 0.25) is 11.8 Å². The number of amides is 3. The van der Waals surface area contributed by atoms with Crippen LogP contribution < -0.4 is 10.2 Å². The number of para-hydroxylation sites is 2. The zero-order valence-electron chi connectivity index (χ0n) is 17.2. The zero-order chi connectivity index (χ0) is 22.1. The van der Waals surface area contributed by atoms with Gasteiger partial charge in [-0.1, -0.05) is 54.6 Å². The molecule has 1 atom stereocenters. The summed E-state index contributed by atoms with van der Waals surface area (Å²) >= 11 is 1.59. The van der Waals surface area contributed by atoms with Gasteiger partial charge in [0.25, 0.3) is 5.91 Å². The Hall–Kier alpha value is -3.58. The molecule has 6 nitrogen and oxygen atoms in total. The van der Waals surface area contributed by atoms with Gasteiger partial charge in [-0.25, -0.2) is 0 Å². The number of benzene rings is 3. The molecule has 0 unspecified atom stereocenters. The highest BCUT2D eigenvalue weighted by molar-refractivity contribution is 8.00. The van der Waals surface area contributed by atoms with Crippen LogP contribution in [0.3, 0.4) is 0 Å². The summed E-state index contributed by atoms with van der Waals surface area (Å²) in [4.78, 5) is 41.1. The fourth-order valence-corrected chi connectivity index (χ4v) is 5.23. The van der Waals surface area contributed by atoms with E-state index in [4.69, 9.17) is 0 Å². The van der Waals surface area contributed by atoms with E-state index >= 15 is 0 Å². The van der Waals surface area contributed by atoms with Gasteiger partial charge < -0.3 is 10.2 Å². The zero-order valence-corrected chi connectivity index (χ0v) is 18.0. The Balaban J connectivity index is 1.37. The van der Waals surface area contributed by atoms with E-state index in [9.17, 15) is 14.4 Å². The summed E-state index contributed by atoms with van der Waals surface area (Å²) in [5, 5.41) is 2.71. The van der Waals surface area contributed by atoms with Crippen LogP contribution in [0.2, 0.25) is 0 Å². The first-order valence-corrected chi connectivity index (χ1v) is 11.4. The van der Waals surface area contributed by atoms with Crippen molar-refractivity contribution in [3.8, 4) is 0 Å². The molecule has 3 aromatic rings. The van der Waals surface area contributed by atoms with E-state index in [0.717, 1.165) is 11.1 Å². The number of thioether (sulfide) groups is 1. The van der Waals surface area contributed by atoms with E-state index in [-0.39, 0.29) is 29.6 Å². The van der Waals surface area contributed by atoms with Crippen LogP contribution in [0.4, 0.5) is 11.4 Å². The quantitative estimate of drug-likeness (QED) is 0.660. The molecule has 0 radical (unpaired) electrons. The maximum Gasteiger partial charge on any atom is 0.258 e. The Bertz CT molecular complexity index is 1180. The number of carbonyl (C=O) groups excluding carboxylic acids is 3. The molecule has 3 aromatic carbocycles. The molecule has 1 fully saturated rings. The van der Waals surface area contributed by atoms with Gasteiger partial charge in [-0.15, -0.1) is 11.8 Å². The lowest BCUT2D eigenvalue weighted by Gasteiger charge is -2.29. The van der Waals surface area contributed by atoms with Crippen molar-refractivity contribution in [2.45, 2.75) is 11.9 Å². The van der Waals surface area contributed by atoms with Gasteiger partial charge >= 0.3 is 0 Å². The lowest BCUT2D eigenvalue weighted by atomic mass is 10.1. The normalized spacial score (nSPS) is 17.8. The number of carbonyl (C=O) groups is 3. The lowest BCUT2D eigenvalue weighted by molar-refractivity contribution is -0.128. The van der Waals surface area contributed by atoms with Gasteiger partial charge in [0.05, 0.1) is 17.1 Å². The molecule has 0 bridgehead atoms. The SMILES string of the molecule is O=C1CN(C(=O)c2ccc([C@H]3SCC(=O)N3Cc3ccccc3)cc2)c2ccccc2N1. The summed E-state index contributed by atoms with van der Waals surface area (Å²) in [6, 6.07) is 24.6. The third-order valence-electron chi connectivity index (χ3n) is 5.62. The van der Waals surface area contributed by atoms with Gasteiger partial charge in [0.15, 0.2) is 0 Å². The second-order valence-electron chi connectivity index (χ2n) is 7.75. The van der Waals surface area contributed by atoms with Crippen LogP contribution in [0.5, 0.6) is 0 Å². The average molecular weight is 444 g/mol. The number of hydrogen-bond acceptors (Lipinski definition) is 4. The van der Waals surface area contributed by atoms with Crippen LogP contribution in [0.15, 0.2) is 78.9 Å². The molecular weight excluding hydrogens is 422 g/mol. The maximum atomic E-state index is 13.2. The van der Waals surface area contributed by atoms with E-state index in [1.165, 1.54) is 4.90 Å². The van der Waals surface area contributed by atoms with Crippen molar-refractivity contribution in [1.29, 1.82) is 0 Å². The van der Waals surface area contributed by atoms with Gasteiger partial charge in [-0.05, 0) is 35.4 Å². The average Bonchev–Trinajstić information content (AvgIpc) is 3.18.